The molecule has 0 aliphatic carbocycles. The first-order valence-electron chi connectivity index (χ1n) is 8.69. The topological polar surface area (TPSA) is 66.9 Å². The molecule has 3 rings (SSSR count). The third-order valence-electron chi connectivity index (χ3n) is 4.29. The first-order chi connectivity index (χ1) is 13.1. The Morgan fingerprint density at radius 3 is 2.67 bits per heavy atom. The van der Waals surface area contributed by atoms with Crippen molar-refractivity contribution >= 4 is 39.9 Å². The second kappa shape index (κ2) is 8.68. The number of carbonyl (C=O) groups excluding carboxylic acids is 1. The van der Waals surface area contributed by atoms with E-state index < -0.39 is 0 Å². The first-order valence-corrected chi connectivity index (χ1v) is 9.67. The molecule has 1 aromatic heterocycles. The molecule has 0 aliphatic rings. The van der Waals surface area contributed by atoms with Crippen LogP contribution in [0.25, 0.3) is 10.8 Å². The van der Waals surface area contributed by atoms with Crippen molar-refractivity contribution in [2.75, 3.05) is 22.9 Å². The molecule has 0 bridgehead atoms. The Bertz CT molecular complexity index is 987. The molecular formula is C21H22N4OS. The average Bonchev–Trinajstić information content (AvgIpc) is 2.68. The molecule has 138 valence electrons. The van der Waals surface area contributed by atoms with E-state index >= 15 is 0 Å². The summed E-state index contributed by atoms with van der Waals surface area (Å²) >= 11 is 1.39. The molecule has 2 aromatic carbocycles. The molecule has 1 heterocycles. The standard InChI is InChI=1S/C21H22N4OS/c1-4-12-22-20-16-9-5-6-10-17(16)21(25-24-20)27-13-19(26)23-18-11-7-8-14(2)15(18)3/h4-11H,1,12-13H2,2-3H3,(H,22,24)(H,23,26). The largest absolute Gasteiger partial charge is 0.365 e. The SMILES string of the molecule is C=CCNc1nnc(SCC(=O)Nc2cccc(C)c2C)c2ccccc12. The van der Waals surface area contributed by atoms with Gasteiger partial charge >= 0.3 is 0 Å². The monoisotopic (exact) mass is 378 g/mol. The number of hydrogen-bond acceptors (Lipinski definition) is 5. The minimum absolute atomic E-state index is 0.0616. The molecule has 0 aliphatic heterocycles. The van der Waals surface area contributed by atoms with Crippen molar-refractivity contribution in [3.05, 3.63) is 66.2 Å². The Morgan fingerprint density at radius 1 is 1.11 bits per heavy atom. The van der Waals surface area contributed by atoms with Crippen LogP contribution in [0.5, 0.6) is 0 Å². The van der Waals surface area contributed by atoms with Crippen molar-refractivity contribution in [2.45, 2.75) is 18.9 Å². The lowest BCUT2D eigenvalue weighted by Crippen LogP contribution is -2.15. The fourth-order valence-electron chi connectivity index (χ4n) is 2.69. The normalized spacial score (nSPS) is 10.6. The smallest absolute Gasteiger partial charge is 0.234 e. The van der Waals surface area contributed by atoms with Gasteiger partial charge in [-0.25, -0.2) is 0 Å². The first kappa shape index (κ1) is 18.9. The van der Waals surface area contributed by atoms with Gasteiger partial charge in [-0.3, -0.25) is 4.79 Å². The number of aryl methyl sites for hydroxylation is 1. The number of nitrogens with zero attached hydrogens (tertiary/aromatic N) is 2. The zero-order chi connectivity index (χ0) is 19.2. The van der Waals surface area contributed by atoms with Crippen molar-refractivity contribution in [3.8, 4) is 0 Å². The Kier molecular flexibility index (Phi) is 6.08. The molecular weight excluding hydrogens is 356 g/mol. The van der Waals surface area contributed by atoms with E-state index in [9.17, 15) is 4.79 Å². The predicted molar refractivity (Wildman–Crippen MR) is 113 cm³/mol. The quantitative estimate of drug-likeness (QED) is 0.465. The van der Waals surface area contributed by atoms with Crippen LogP contribution in [0, 0.1) is 13.8 Å². The highest BCUT2D eigenvalue weighted by molar-refractivity contribution is 8.00. The number of benzene rings is 2. The predicted octanol–water partition coefficient (Wildman–Crippen LogP) is 4.58. The number of amides is 1. The Labute approximate surface area is 163 Å². The summed E-state index contributed by atoms with van der Waals surface area (Å²) in [5.74, 6) is 0.925. The second-order valence-corrected chi connectivity index (χ2v) is 7.12. The van der Waals surface area contributed by atoms with Crippen LogP contribution >= 0.6 is 11.8 Å². The van der Waals surface area contributed by atoms with E-state index in [4.69, 9.17) is 0 Å². The minimum Gasteiger partial charge on any atom is -0.365 e. The summed E-state index contributed by atoms with van der Waals surface area (Å²) in [6, 6.07) is 13.8. The molecule has 0 saturated heterocycles. The number of carbonyl (C=O) groups is 1. The summed E-state index contributed by atoms with van der Waals surface area (Å²) in [6.45, 7) is 8.36. The highest BCUT2D eigenvalue weighted by Gasteiger charge is 2.12. The molecule has 27 heavy (non-hydrogen) atoms. The summed E-state index contributed by atoms with van der Waals surface area (Å²) in [7, 11) is 0. The van der Waals surface area contributed by atoms with Gasteiger partial charge in [0, 0.05) is 23.0 Å². The number of thioether (sulfide) groups is 1. The maximum atomic E-state index is 12.4. The molecule has 2 N–H and O–H groups in total. The van der Waals surface area contributed by atoms with Crippen molar-refractivity contribution in [1.29, 1.82) is 0 Å². The fraction of sp³-hybridized carbons (Fsp3) is 0.190. The summed E-state index contributed by atoms with van der Waals surface area (Å²) in [6.07, 6.45) is 1.77. The zero-order valence-electron chi connectivity index (χ0n) is 15.5. The van der Waals surface area contributed by atoms with E-state index in [2.05, 4.69) is 27.4 Å². The minimum atomic E-state index is -0.0616. The third kappa shape index (κ3) is 4.46. The number of rotatable bonds is 7. The lowest BCUT2D eigenvalue weighted by molar-refractivity contribution is -0.113. The molecule has 5 nitrogen and oxygen atoms in total. The summed E-state index contributed by atoms with van der Waals surface area (Å²) < 4.78 is 0. The maximum Gasteiger partial charge on any atom is 0.234 e. The summed E-state index contributed by atoms with van der Waals surface area (Å²) in [5, 5.41) is 17.4. The number of nitrogens with one attached hydrogen (secondary N) is 2. The number of aromatic nitrogens is 2. The Morgan fingerprint density at radius 2 is 1.89 bits per heavy atom. The van der Waals surface area contributed by atoms with Crippen molar-refractivity contribution in [3.63, 3.8) is 0 Å². The lowest BCUT2D eigenvalue weighted by atomic mass is 10.1. The molecule has 0 saturated carbocycles. The molecule has 0 radical (unpaired) electrons. The third-order valence-corrected chi connectivity index (χ3v) is 5.27. The molecule has 1 amide bonds. The van der Waals surface area contributed by atoms with Gasteiger partial charge in [0.25, 0.3) is 0 Å². The average molecular weight is 379 g/mol. The molecule has 6 heteroatoms. The van der Waals surface area contributed by atoms with E-state index in [0.717, 1.165) is 38.4 Å². The number of fused-ring (bicyclic) bond motifs is 1. The van der Waals surface area contributed by atoms with Crippen LogP contribution in [-0.2, 0) is 4.79 Å². The molecule has 0 unspecified atom stereocenters. The van der Waals surface area contributed by atoms with E-state index in [0.29, 0.717) is 6.54 Å². The number of anilines is 2. The lowest BCUT2D eigenvalue weighted by Gasteiger charge is -2.11. The van der Waals surface area contributed by atoms with Crippen LogP contribution < -0.4 is 10.6 Å². The number of hydrogen-bond donors (Lipinski definition) is 2. The summed E-state index contributed by atoms with van der Waals surface area (Å²) in [5.41, 5.74) is 3.08. The van der Waals surface area contributed by atoms with Gasteiger partial charge in [-0.05, 0) is 31.0 Å². The van der Waals surface area contributed by atoms with Crippen LogP contribution in [-0.4, -0.2) is 28.4 Å². The highest BCUT2D eigenvalue weighted by atomic mass is 32.2. The van der Waals surface area contributed by atoms with Gasteiger partial charge in [-0.15, -0.1) is 16.8 Å². The van der Waals surface area contributed by atoms with Gasteiger partial charge in [-0.2, -0.15) is 0 Å². The van der Waals surface area contributed by atoms with Crippen molar-refractivity contribution < 1.29 is 4.79 Å². The van der Waals surface area contributed by atoms with Crippen molar-refractivity contribution in [2.24, 2.45) is 0 Å². The molecule has 0 fully saturated rings. The molecule has 0 atom stereocenters. The highest BCUT2D eigenvalue weighted by Crippen LogP contribution is 2.29. The van der Waals surface area contributed by atoms with Crippen LogP contribution in [0.4, 0.5) is 11.5 Å². The van der Waals surface area contributed by atoms with E-state index in [-0.39, 0.29) is 11.7 Å². The van der Waals surface area contributed by atoms with E-state index in [1.165, 1.54) is 11.8 Å². The molecule has 0 spiro atoms. The zero-order valence-corrected chi connectivity index (χ0v) is 16.3. The van der Waals surface area contributed by atoms with Gasteiger partial charge in [0.2, 0.25) is 5.91 Å². The van der Waals surface area contributed by atoms with Crippen LogP contribution in [0.15, 0.2) is 60.1 Å². The van der Waals surface area contributed by atoms with Gasteiger partial charge in [0.05, 0.1) is 5.75 Å². The van der Waals surface area contributed by atoms with Gasteiger partial charge in [-0.1, -0.05) is 54.2 Å². The maximum absolute atomic E-state index is 12.4. The van der Waals surface area contributed by atoms with Crippen LogP contribution in [0.2, 0.25) is 0 Å². The Balaban J connectivity index is 1.74. The van der Waals surface area contributed by atoms with Crippen molar-refractivity contribution in [1.82, 2.24) is 10.2 Å². The summed E-state index contributed by atoms with van der Waals surface area (Å²) in [4.78, 5) is 12.4. The van der Waals surface area contributed by atoms with Gasteiger partial charge in [0.15, 0.2) is 5.82 Å². The fourth-order valence-corrected chi connectivity index (χ4v) is 3.46. The second-order valence-electron chi connectivity index (χ2n) is 6.15. The van der Waals surface area contributed by atoms with E-state index in [1.54, 1.807) is 6.08 Å². The van der Waals surface area contributed by atoms with E-state index in [1.807, 2.05) is 56.3 Å². The Hall–Kier alpha value is -2.86. The van der Waals surface area contributed by atoms with Crippen LogP contribution in [0.3, 0.4) is 0 Å². The van der Waals surface area contributed by atoms with Crippen LogP contribution in [0.1, 0.15) is 11.1 Å². The van der Waals surface area contributed by atoms with Gasteiger partial charge < -0.3 is 10.6 Å². The van der Waals surface area contributed by atoms with Gasteiger partial charge in [0.1, 0.15) is 5.03 Å². The molecule has 3 aromatic rings.